The molecule has 1 heterocycles. The highest BCUT2D eigenvalue weighted by Gasteiger charge is 2.06. The zero-order valence-corrected chi connectivity index (χ0v) is 14.8. The number of hydrogen-bond donors (Lipinski definition) is 2. The van der Waals surface area contributed by atoms with Crippen molar-refractivity contribution in [2.24, 2.45) is 0 Å². The lowest BCUT2D eigenvalue weighted by molar-refractivity contribution is 0.252. The summed E-state index contributed by atoms with van der Waals surface area (Å²) in [6.07, 6.45) is 0. The van der Waals surface area contributed by atoms with Gasteiger partial charge in [-0.05, 0) is 55.0 Å². The highest BCUT2D eigenvalue weighted by molar-refractivity contribution is 5.89. The quantitative estimate of drug-likeness (QED) is 0.728. The summed E-state index contributed by atoms with van der Waals surface area (Å²) in [4.78, 5) is 23.8. The highest BCUT2D eigenvalue weighted by Crippen LogP contribution is 2.16. The molecule has 0 saturated heterocycles. The summed E-state index contributed by atoms with van der Waals surface area (Å²) >= 11 is 0. The maximum absolute atomic E-state index is 13.1. The topological polar surface area (TPSA) is 76.0 Å². The van der Waals surface area contributed by atoms with Crippen LogP contribution in [0.3, 0.4) is 0 Å². The van der Waals surface area contributed by atoms with Crippen molar-refractivity contribution in [1.29, 1.82) is 0 Å². The molecule has 1 aromatic heterocycles. The first-order chi connectivity index (χ1) is 13.0. The van der Waals surface area contributed by atoms with Gasteiger partial charge >= 0.3 is 6.03 Å². The molecule has 2 aromatic carbocycles. The number of carbonyl (C=O) groups is 1. The van der Waals surface area contributed by atoms with E-state index in [0.29, 0.717) is 17.9 Å². The van der Waals surface area contributed by atoms with E-state index >= 15 is 0 Å². The van der Waals surface area contributed by atoms with Crippen molar-refractivity contribution >= 4 is 11.7 Å². The molecule has 0 spiro atoms. The Hall–Kier alpha value is -3.48. The third kappa shape index (κ3) is 4.78. The van der Waals surface area contributed by atoms with E-state index in [4.69, 9.17) is 0 Å². The Labute approximate surface area is 155 Å². The summed E-state index contributed by atoms with van der Waals surface area (Å²) in [6.45, 7) is 2.61. The number of halogens is 1. The largest absolute Gasteiger partial charge is 0.338 e. The van der Waals surface area contributed by atoms with Crippen LogP contribution in [0.25, 0.3) is 11.3 Å². The second-order valence-electron chi connectivity index (χ2n) is 5.91. The molecule has 7 heteroatoms. The van der Waals surface area contributed by atoms with Crippen LogP contribution >= 0.6 is 0 Å². The van der Waals surface area contributed by atoms with Gasteiger partial charge in [-0.1, -0.05) is 12.1 Å². The zero-order valence-electron chi connectivity index (χ0n) is 14.8. The summed E-state index contributed by atoms with van der Waals surface area (Å²) in [6, 6.07) is 15.9. The monoisotopic (exact) mass is 366 g/mol. The third-order valence-corrected chi connectivity index (χ3v) is 3.86. The van der Waals surface area contributed by atoms with Crippen LogP contribution in [0.2, 0.25) is 0 Å². The molecule has 0 saturated carbocycles. The lowest BCUT2D eigenvalue weighted by atomic mass is 10.1. The molecule has 6 nitrogen and oxygen atoms in total. The summed E-state index contributed by atoms with van der Waals surface area (Å²) in [7, 11) is 0. The van der Waals surface area contributed by atoms with Crippen LogP contribution in [0, 0.1) is 5.82 Å². The van der Waals surface area contributed by atoms with E-state index in [2.05, 4.69) is 15.7 Å². The number of nitrogens with zero attached hydrogens (tertiary/aromatic N) is 2. The number of nitrogens with one attached hydrogen (secondary N) is 2. The average Bonchev–Trinajstić information content (AvgIpc) is 2.65. The summed E-state index contributed by atoms with van der Waals surface area (Å²) < 4.78 is 14.4. The Bertz CT molecular complexity index is 999. The molecule has 2 N–H and O–H groups in total. The number of hydrogen-bond acceptors (Lipinski definition) is 3. The molecule has 0 bridgehead atoms. The Kier molecular flexibility index (Phi) is 5.61. The van der Waals surface area contributed by atoms with E-state index in [0.717, 1.165) is 11.1 Å². The number of aromatic nitrogens is 2. The molecular weight excluding hydrogens is 347 g/mol. The number of carbonyl (C=O) groups excluding carboxylic acids is 1. The fourth-order valence-corrected chi connectivity index (χ4v) is 2.59. The van der Waals surface area contributed by atoms with Gasteiger partial charge in [0.05, 0.1) is 12.2 Å². The van der Waals surface area contributed by atoms with Gasteiger partial charge in [0.15, 0.2) is 0 Å². The van der Waals surface area contributed by atoms with E-state index in [9.17, 15) is 14.0 Å². The second-order valence-corrected chi connectivity index (χ2v) is 5.91. The fraction of sp³-hybridized carbons (Fsp3) is 0.150. The van der Waals surface area contributed by atoms with E-state index < -0.39 is 0 Å². The minimum Gasteiger partial charge on any atom is -0.338 e. The second kappa shape index (κ2) is 8.27. The van der Waals surface area contributed by atoms with Crippen LogP contribution in [0.4, 0.5) is 14.9 Å². The van der Waals surface area contributed by atoms with Gasteiger partial charge in [0.2, 0.25) is 0 Å². The maximum Gasteiger partial charge on any atom is 0.319 e. The van der Waals surface area contributed by atoms with Gasteiger partial charge in [-0.25, -0.2) is 13.9 Å². The van der Waals surface area contributed by atoms with Crippen LogP contribution in [0.1, 0.15) is 12.5 Å². The average molecular weight is 366 g/mol. The fourth-order valence-electron chi connectivity index (χ4n) is 2.59. The number of rotatable bonds is 5. The Morgan fingerprint density at radius 2 is 1.89 bits per heavy atom. The van der Waals surface area contributed by atoms with Gasteiger partial charge in [-0.3, -0.25) is 4.79 Å². The van der Waals surface area contributed by atoms with Crippen molar-refractivity contribution in [2.75, 3.05) is 11.9 Å². The predicted molar refractivity (Wildman–Crippen MR) is 102 cm³/mol. The van der Waals surface area contributed by atoms with Gasteiger partial charge < -0.3 is 10.6 Å². The lowest BCUT2D eigenvalue weighted by Gasteiger charge is -2.10. The van der Waals surface area contributed by atoms with Gasteiger partial charge in [0, 0.05) is 23.9 Å². The number of benzene rings is 2. The third-order valence-electron chi connectivity index (χ3n) is 3.86. The van der Waals surface area contributed by atoms with Crippen LogP contribution in [-0.4, -0.2) is 22.4 Å². The van der Waals surface area contributed by atoms with Crippen molar-refractivity contribution in [3.05, 3.63) is 82.4 Å². The highest BCUT2D eigenvalue weighted by atomic mass is 19.1. The molecule has 0 atom stereocenters. The van der Waals surface area contributed by atoms with Crippen molar-refractivity contribution in [3.8, 4) is 11.3 Å². The molecule has 2 amide bonds. The van der Waals surface area contributed by atoms with Gasteiger partial charge in [0.1, 0.15) is 5.82 Å². The molecular formula is C20H19FN4O2. The summed E-state index contributed by atoms with van der Waals surface area (Å²) in [5, 5.41) is 9.76. The first-order valence-corrected chi connectivity index (χ1v) is 8.53. The molecule has 0 aliphatic heterocycles. The lowest BCUT2D eigenvalue weighted by Crippen LogP contribution is -2.28. The summed E-state index contributed by atoms with van der Waals surface area (Å²) in [5.41, 5.74) is 2.49. The Balaban J connectivity index is 1.83. The molecule has 3 aromatic rings. The molecule has 0 aliphatic rings. The minimum atomic E-state index is -0.330. The predicted octanol–water partition coefficient (Wildman–Crippen LogP) is 3.24. The normalized spacial score (nSPS) is 10.4. The maximum atomic E-state index is 13.1. The van der Waals surface area contributed by atoms with Crippen LogP contribution in [0.15, 0.2) is 65.5 Å². The first kappa shape index (κ1) is 18.3. The van der Waals surface area contributed by atoms with Crippen LogP contribution in [0.5, 0.6) is 0 Å². The van der Waals surface area contributed by atoms with E-state index in [1.54, 1.807) is 36.4 Å². The molecule has 0 aliphatic carbocycles. The smallest absolute Gasteiger partial charge is 0.319 e. The minimum absolute atomic E-state index is 0.247. The molecule has 138 valence electrons. The molecule has 0 fully saturated rings. The number of urea groups is 1. The number of amides is 2. The van der Waals surface area contributed by atoms with Crippen molar-refractivity contribution in [3.63, 3.8) is 0 Å². The Morgan fingerprint density at radius 3 is 2.63 bits per heavy atom. The molecule has 27 heavy (non-hydrogen) atoms. The molecule has 0 radical (unpaired) electrons. The van der Waals surface area contributed by atoms with Crippen molar-refractivity contribution in [1.82, 2.24) is 15.1 Å². The van der Waals surface area contributed by atoms with Gasteiger partial charge in [-0.2, -0.15) is 5.10 Å². The van der Waals surface area contributed by atoms with Crippen LogP contribution in [-0.2, 0) is 6.54 Å². The van der Waals surface area contributed by atoms with E-state index in [1.165, 1.54) is 22.9 Å². The molecule has 0 unspecified atom stereocenters. The van der Waals surface area contributed by atoms with Gasteiger partial charge in [0.25, 0.3) is 5.56 Å². The standard InChI is InChI=1S/C20H19FN4O2/c1-2-22-20(27)23-17-5-3-4-14(12-17)13-25-19(26)11-10-18(24-25)15-6-8-16(21)9-7-15/h3-12H,2,13H2,1H3,(H2,22,23,27). The zero-order chi connectivity index (χ0) is 19.2. The SMILES string of the molecule is CCNC(=O)Nc1cccc(Cn2nc(-c3ccc(F)cc3)ccc2=O)c1. The number of anilines is 1. The Morgan fingerprint density at radius 1 is 1.11 bits per heavy atom. The first-order valence-electron chi connectivity index (χ1n) is 8.53. The van der Waals surface area contributed by atoms with Crippen molar-refractivity contribution < 1.29 is 9.18 Å². The van der Waals surface area contributed by atoms with Crippen LogP contribution < -0.4 is 16.2 Å². The van der Waals surface area contributed by atoms with E-state index in [-0.39, 0.29) is 24.0 Å². The molecule has 3 rings (SSSR count). The van der Waals surface area contributed by atoms with E-state index in [1.807, 2.05) is 13.0 Å². The van der Waals surface area contributed by atoms with Gasteiger partial charge in [-0.15, -0.1) is 0 Å². The summed E-state index contributed by atoms with van der Waals surface area (Å²) in [5.74, 6) is -0.330. The van der Waals surface area contributed by atoms with Crippen molar-refractivity contribution in [2.45, 2.75) is 13.5 Å².